The molecule has 1 N–H and O–H groups in total. The van der Waals surface area contributed by atoms with Crippen molar-refractivity contribution in [2.75, 3.05) is 0 Å². The molecule has 0 aromatic carbocycles. The predicted octanol–water partition coefficient (Wildman–Crippen LogP) is 0.596. The van der Waals surface area contributed by atoms with E-state index in [1.54, 1.807) is 0 Å². The molecule has 0 spiro atoms. The van der Waals surface area contributed by atoms with Crippen LogP contribution >= 0.6 is 0 Å². The maximum atomic E-state index is 11.2. The molecular formula is C15H31KO4S. The first-order valence-corrected chi connectivity index (χ1v) is 9.51. The summed E-state index contributed by atoms with van der Waals surface area (Å²) in [5.41, 5.74) is 0. The number of unbranched alkanes of at least 4 members (excludes halogenated alkanes) is 5. The topological polar surface area (TPSA) is 77.4 Å². The Morgan fingerprint density at radius 2 is 1.43 bits per heavy atom. The van der Waals surface area contributed by atoms with E-state index in [0.717, 1.165) is 19.3 Å². The Bertz CT molecular complexity index is 320. The fourth-order valence-electron chi connectivity index (χ4n) is 2.37. The summed E-state index contributed by atoms with van der Waals surface area (Å²) in [6.45, 7) is 4.05. The zero-order valence-corrected chi connectivity index (χ0v) is 18.0. The molecular weight excluding hydrogens is 315 g/mol. The minimum Gasteiger partial charge on any atom is -0.748 e. The quantitative estimate of drug-likeness (QED) is 0.301. The van der Waals surface area contributed by atoms with Crippen molar-refractivity contribution in [3.63, 3.8) is 0 Å². The van der Waals surface area contributed by atoms with Crippen LogP contribution in [0, 0.1) is 0 Å². The van der Waals surface area contributed by atoms with Gasteiger partial charge in [0, 0.05) is 5.25 Å². The summed E-state index contributed by atoms with van der Waals surface area (Å²) in [6.07, 6.45) is 8.88. The standard InChI is InChI=1S/C15H32O4S.K/c1-3-5-6-7-8-9-12-15(20(17,18)19)13-10-11-14(16)4-2;/h14-16H,3-13H2,1-2H3,(H,17,18,19);/q;+1/p-1. The molecule has 0 heterocycles. The molecule has 0 aromatic rings. The zero-order chi connectivity index (χ0) is 15.4. The van der Waals surface area contributed by atoms with E-state index in [9.17, 15) is 18.1 Å². The van der Waals surface area contributed by atoms with Crippen molar-refractivity contribution in [2.24, 2.45) is 0 Å². The van der Waals surface area contributed by atoms with Gasteiger partial charge in [-0.25, -0.2) is 8.42 Å². The SMILES string of the molecule is CCCCCCCCC(CCCC(O)CC)S(=O)(=O)[O-].[K+]. The van der Waals surface area contributed by atoms with Gasteiger partial charge in [-0.05, 0) is 32.1 Å². The zero-order valence-electron chi connectivity index (χ0n) is 14.0. The molecule has 122 valence electrons. The molecule has 0 radical (unpaired) electrons. The molecule has 0 saturated heterocycles. The average Bonchev–Trinajstić information content (AvgIpc) is 2.38. The minimum absolute atomic E-state index is 0. The fraction of sp³-hybridized carbons (Fsp3) is 1.00. The number of aliphatic hydroxyl groups is 1. The Hall–Kier alpha value is 1.51. The molecule has 0 fully saturated rings. The predicted molar refractivity (Wildman–Crippen MR) is 81.6 cm³/mol. The third kappa shape index (κ3) is 14.8. The molecule has 2 atom stereocenters. The van der Waals surface area contributed by atoms with Crippen LogP contribution in [0.15, 0.2) is 0 Å². The fourth-order valence-corrected chi connectivity index (χ4v) is 3.28. The summed E-state index contributed by atoms with van der Waals surface area (Å²) in [6, 6.07) is 0. The van der Waals surface area contributed by atoms with E-state index in [4.69, 9.17) is 0 Å². The van der Waals surface area contributed by atoms with Gasteiger partial charge in [-0.2, -0.15) is 0 Å². The molecule has 0 saturated carbocycles. The second-order valence-corrected chi connectivity index (χ2v) is 7.32. The summed E-state index contributed by atoms with van der Waals surface area (Å²) in [4.78, 5) is 0. The maximum absolute atomic E-state index is 11.2. The summed E-state index contributed by atoms with van der Waals surface area (Å²) in [5.74, 6) is 0. The van der Waals surface area contributed by atoms with E-state index in [-0.39, 0.29) is 57.5 Å². The third-order valence-corrected chi connectivity index (χ3v) is 5.11. The van der Waals surface area contributed by atoms with Crippen LogP contribution < -0.4 is 51.4 Å². The van der Waals surface area contributed by atoms with Crippen molar-refractivity contribution in [1.82, 2.24) is 0 Å². The van der Waals surface area contributed by atoms with Crippen molar-refractivity contribution in [3.05, 3.63) is 0 Å². The van der Waals surface area contributed by atoms with Gasteiger partial charge in [-0.3, -0.25) is 0 Å². The number of hydrogen-bond acceptors (Lipinski definition) is 4. The van der Waals surface area contributed by atoms with E-state index in [2.05, 4.69) is 6.92 Å². The molecule has 0 bridgehead atoms. The van der Waals surface area contributed by atoms with Crippen molar-refractivity contribution in [1.29, 1.82) is 0 Å². The first kappa shape index (κ1) is 24.8. The summed E-state index contributed by atoms with van der Waals surface area (Å²) < 4.78 is 33.7. The molecule has 6 heteroatoms. The monoisotopic (exact) mass is 346 g/mol. The van der Waals surface area contributed by atoms with Crippen molar-refractivity contribution in [2.45, 2.75) is 95.8 Å². The van der Waals surface area contributed by atoms with Crippen LogP contribution in [0.4, 0.5) is 0 Å². The largest absolute Gasteiger partial charge is 1.00 e. The molecule has 0 aliphatic carbocycles. The first-order valence-electron chi connectivity index (χ1n) is 8.04. The number of aliphatic hydroxyl groups excluding tert-OH is 1. The normalized spacial score (nSPS) is 14.5. The average molecular weight is 347 g/mol. The molecule has 0 amide bonds. The summed E-state index contributed by atoms with van der Waals surface area (Å²) >= 11 is 0. The van der Waals surface area contributed by atoms with Gasteiger partial charge in [-0.1, -0.05) is 52.4 Å². The number of rotatable bonds is 13. The van der Waals surface area contributed by atoms with E-state index in [1.165, 1.54) is 19.3 Å². The summed E-state index contributed by atoms with van der Waals surface area (Å²) in [5, 5.41) is 8.68. The Morgan fingerprint density at radius 3 is 1.95 bits per heavy atom. The molecule has 0 aromatic heterocycles. The van der Waals surface area contributed by atoms with Gasteiger partial charge in [0.25, 0.3) is 0 Å². The van der Waals surface area contributed by atoms with E-state index in [0.29, 0.717) is 32.1 Å². The summed E-state index contributed by atoms with van der Waals surface area (Å²) in [7, 11) is -4.20. The van der Waals surface area contributed by atoms with Gasteiger partial charge in [0.2, 0.25) is 0 Å². The molecule has 2 unspecified atom stereocenters. The molecule has 0 rings (SSSR count). The van der Waals surface area contributed by atoms with Crippen LogP contribution in [0.25, 0.3) is 0 Å². The second kappa shape index (κ2) is 15.1. The van der Waals surface area contributed by atoms with Crippen LogP contribution in [-0.2, 0) is 10.1 Å². The van der Waals surface area contributed by atoms with Gasteiger partial charge < -0.3 is 9.66 Å². The van der Waals surface area contributed by atoms with Gasteiger partial charge in [0.05, 0.1) is 16.2 Å². The molecule has 4 nitrogen and oxygen atoms in total. The maximum Gasteiger partial charge on any atom is 1.00 e. The third-order valence-electron chi connectivity index (χ3n) is 3.82. The van der Waals surface area contributed by atoms with Crippen LogP contribution in [-0.4, -0.2) is 29.4 Å². The van der Waals surface area contributed by atoms with Crippen molar-refractivity contribution < 1.29 is 69.5 Å². The van der Waals surface area contributed by atoms with Crippen LogP contribution in [0.2, 0.25) is 0 Å². The van der Waals surface area contributed by atoms with Crippen molar-refractivity contribution in [3.8, 4) is 0 Å². The Morgan fingerprint density at radius 1 is 0.905 bits per heavy atom. The van der Waals surface area contributed by atoms with Crippen molar-refractivity contribution >= 4 is 10.1 Å². The minimum atomic E-state index is -4.20. The van der Waals surface area contributed by atoms with Gasteiger partial charge in [-0.15, -0.1) is 0 Å². The smallest absolute Gasteiger partial charge is 0.748 e. The Balaban J connectivity index is 0. The number of hydrogen-bond donors (Lipinski definition) is 1. The Kier molecular flexibility index (Phi) is 17.8. The molecule has 0 aliphatic heterocycles. The Labute approximate surface area is 173 Å². The van der Waals surface area contributed by atoms with Crippen LogP contribution in [0.1, 0.15) is 84.5 Å². The van der Waals surface area contributed by atoms with Crippen LogP contribution in [0.5, 0.6) is 0 Å². The van der Waals surface area contributed by atoms with Crippen LogP contribution in [0.3, 0.4) is 0 Å². The van der Waals surface area contributed by atoms with Gasteiger partial charge >= 0.3 is 51.4 Å². The van der Waals surface area contributed by atoms with E-state index >= 15 is 0 Å². The van der Waals surface area contributed by atoms with Gasteiger partial charge in [0.15, 0.2) is 0 Å². The molecule has 21 heavy (non-hydrogen) atoms. The second-order valence-electron chi connectivity index (χ2n) is 5.66. The molecule has 0 aliphatic rings. The van der Waals surface area contributed by atoms with E-state index < -0.39 is 15.4 Å². The first-order chi connectivity index (χ1) is 9.41. The van der Waals surface area contributed by atoms with Gasteiger partial charge in [0.1, 0.15) is 0 Å². The van der Waals surface area contributed by atoms with E-state index in [1.807, 2.05) is 6.92 Å².